The summed E-state index contributed by atoms with van der Waals surface area (Å²) in [6, 6.07) is 9.07. The van der Waals surface area contributed by atoms with Crippen molar-refractivity contribution in [2.75, 3.05) is 26.2 Å². The number of nitrogens with zero attached hydrogens (tertiary/aromatic N) is 1. The minimum Gasteiger partial charge on any atom is -0.462 e. The molecule has 0 bridgehead atoms. The number of halogens is 3. The lowest BCUT2D eigenvalue weighted by molar-refractivity contribution is -0.274. The molecule has 5 nitrogen and oxygen atoms in total. The van der Waals surface area contributed by atoms with Gasteiger partial charge in [0.2, 0.25) is 0 Å². The monoisotopic (exact) mass is 356 g/mol. The smallest absolute Gasteiger partial charge is 0.462 e. The van der Waals surface area contributed by atoms with Crippen molar-refractivity contribution < 1.29 is 27.4 Å². The average molecular weight is 356 g/mol. The summed E-state index contributed by atoms with van der Waals surface area (Å²) in [5.74, 6) is 0.841. The molecule has 0 unspecified atom stereocenters. The number of rotatable bonds is 5. The minimum absolute atomic E-state index is 0.202. The zero-order valence-corrected chi connectivity index (χ0v) is 13.4. The van der Waals surface area contributed by atoms with Crippen molar-refractivity contribution in [2.45, 2.75) is 19.0 Å². The van der Waals surface area contributed by atoms with E-state index < -0.39 is 6.36 Å². The predicted octanol–water partition coefficient (Wildman–Crippen LogP) is 2.67. The highest BCUT2D eigenvalue weighted by molar-refractivity contribution is 5.33. The van der Waals surface area contributed by atoms with Gasteiger partial charge in [-0.25, -0.2) is 0 Å². The molecule has 2 aromatic rings. The maximum Gasteiger partial charge on any atom is 0.573 e. The van der Waals surface area contributed by atoms with Gasteiger partial charge in [0, 0.05) is 26.2 Å². The molecule has 0 spiro atoms. The molecule has 1 atom stereocenters. The summed E-state index contributed by atoms with van der Waals surface area (Å²) < 4.78 is 46.6. The number of piperazine rings is 1. The van der Waals surface area contributed by atoms with Crippen LogP contribution in [0.25, 0.3) is 0 Å². The third kappa shape index (κ3) is 4.53. The van der Waals surface area contributed by atoms with Crippen molar-refractivity contribution in [2.24, 2.45) is 0 Å². The number of alkyl halides is 3. The average Bonchev–Trinajstić information content (AvgIpc) is 3.05. The Kier molecular flexibility index (Phi) is 5.31. The third-order valence-corrected chi connectivity index (χ3v) is 4.05. The van der Waals surface area contributed by atoms with Crippen LogP contribution in [0, 0.1) is 0 Å². The van der Waals surface area contributed by atoms with Crippen molar-refractivity contribution in [3.63, 3.8) is 0 Å². The second kappa shape index (κ2) is 7.47. The normalized spacial score (nSPS) is 17.4. The molecule has 2 heterocycles. The van der Waals surface area contributed by atoms with E-state index in [0.29, 0.717) is 11.5 Å². The summed E-state index contributed by atoms with van der Waals surface area (Å²) in [7, 11) is 0. The van der Waals surface area contributed by atoms with Gasteiger partial charge in [0.1, 0.15) is 23.9 Å². The fourth-order valence-corrected chi connectivity index (χ4v) is 2.97. The Morgan fingerprint density at radius 3 is 2.36 bits per heavy atom. The van der Waals surface area contributed by atoms with Gasteiger partial charge in [0.15, 0.2) is 0 Å². The Morgan fingerprint density at radius 1 is 1.12 bits per heavy atom. The van der Waals surface area contributed by atoms with Gasteiger partial charge in [-0.1, -0.05) is 12.1 Å². The van der Waals surface area contributed by atoms with E-state index in [2.05, 4.69) is 15.0 Å². The minimum atomic E-state index is -4.71. The first kappa shape index (κ1) is 17.8. The van der Waals surface area contributed by atoms with E-state index in [4.69, 9.17) is 4.42 Å². The van der Waals surface area contributed by atoms with E-state index in [1.165, 1.54) is 12.1 Å². The first-order valence-electron chi connectivity index (χ1n) is 7.96. The Hall–Kier alpha value is -2.03. The van der Waals surface area contributed by atoms with Gasteiger partial charge >= 0.3 is 6.36 Å². The molecule has 1 saturated heterocycles. The van der Waals surface area contributed by atoms with Crippen LogP contribution in [0.2, 0.25) is 0 Å². The molecular weight excluding hydrogens is 337 g/mol. The molecular formula is C17H19F3N2O3. The van der Waals surface area contributed by atoms with Crippen LogP contribution in [0.5, 0.6) is 5.75 Å². The third-order valence-electron chi connectivity index (χ3n) is 4.05. The summed E-state index contributed by atoms with van der Waals surface area (Å²) in [4.78, 5) is 2.19. The lowest BCUT2D eigenvalue weighted by atomic mass is 10.0. The summed E-state index contributed by atoms with van der Waals surface area (Å²) in [5, 5.41) is 12.5. The van der Waals surface area contributed by atoms with Gasteiger partial charge < -0.3 is 19.6 Å². The Morgan fingerprint density at radius 2 is 1.80 bits per heavy atom. The van der Waals surface area contributed by atoms with Crippen molar-refractivity contribution in [1.82, 2.24) is 10.2 Å². The van der Waals surface area contributed by atoms with Crippen LogP contribution in [-0.2, 0) is 6.61 Å². The van der Waals surface area contributed by atoms with Crippen molar-refractivity contribution in [3.8, 4) is 5.75 Å². The van der Waals surface area contributed by atoms with Crippen LogP contribution in [-0.4, -0.2) is 42.5 Å². The van der Waals surface area contributed by atoms with Crippen LogP contribution in [0.15, 0.2) is 40.8 Å². The van der Waals surface area contributed by atoms with Gasteiger partial charge in [-0.2, -0.15) is 0 Å². The summed E-state index contributed by atoms with van der Waals surface area (Å²) in [5.41, 5.74) is 0.801. The summed E-state index contributed by atoms with van der Waals surface area (Å²) in [6.45, 7) is 2.99. The Balaban J connectivity index is 1.88. The summed E-state index contributed by atoms with van der Waals surface area (Å²) in [6.07, 6.45) is -4.71. The molecule has 0 amide bonds. The molecule has 0 radical (unpaired) electrons. The van der Waals surface area contributed by atoms with E-state index in [1.54, 1.807) is 24.3 Å². The fraction of sp³-hybridized carbons (Fsp3) is 0.412. The van der Waals surface area contributed by atoms with Crippen LogP contribution < -0.4 is 10.1 Å². The SMILES string of the molecule is OCc1ccc([C@@H](c2ccc(OC(F)(F)F)cc2)N2CCNCC2)o1. The lowest BCUT2D eigenvalue weighted by Gasteiger charge is -2.34. The highest BCUT2D eigenvalue weighted by Gasteiger charge is 2.31. The maximum absolute atomic E-state index is 12.3. The number of benzene rings is 1. The molecule has 1 aromatic heterocycles. The van der Waals surface area contributed by atoms with Gasteiger partial charge in [0.25, 0.3) is 0 Å². The van der Waals surface area contributed by atoms with Gasteiger partial charge in [-0.05, 0) is 29.8 Å². The largest absolute Gasteiger partial charge is 0.573 e. The molecule has 8 heteroatoms. The van der Waals surface area contributed by atoms with Crippen molar-refractivity contribution in [3.05, 3.63) is 53.5 Å². The zero-order chi connectivity index (χ0) is 17.9. The molecule has 1 aliphatic rings. The van der Waals surface area contributed by atoms with Gasteiger partial charge in [0.05, 0.1) is 6.04 Å². The second-order valence-electron chi connectivity index (χ2n) is 5.77. The number of ether oxygens (including phenoxy) is 1. The molecule has 1 fully saturated rings. The predicted molar refractivity (Wildman–Crippen MR) is 84.0 cm³/mol. The molecule has 136 valence electrons. The highest BCUT2D eigenvalue weighted by Crippen LogP contribution is 2.32. The molecule has 25 heavy (non-hydrogen) atoms. The number of hydrogen-bond donors (Lipinski definition) is 2. The van der Waals surface area contributed by atoms with E-state index >= 15 is 0 Å². The zero-order valence-electron chi connectivity index (χ0n) is 13.4. The Labute approximate surface area is 143 Å². The first-order valence-corrected chi connectivity index (χ1v) is 7.96. The molecule has 0 aliphatic carbocycles. The van der Waals surface area contributed by atoms with E-state index in [1.807, 2.05) is 0 Å². The van der Waals surface area contributed by atoms with Crippen LogP contribution in [0.1, 0.15) is 23.1 Å². The van der Waals surface area contributed by atoms with E-state index in [-0.39, 0.29) is 18.4 Å². The van der Waals surface area contributed by atoms with Crippen LogP contribution >= 0.6 is 0 Å². The number of aliphatic hydroxyl groups is 1. The quantitative estimate of drug-likeness (QED) is 0.863. The first-order chi connectivity index (χ1) is 12.0. The second-order valence-corrected chi connectivity index (χ2v) is 5.77. The number of nitrogens with one attached hydrogen (secondary N) is 1. The molecule has 1 aliphatic heterocycles. The Bertz CT molecular complexity index is 679. The van der Waals surface area contributed by atoms with Crippen LogP contribution in [0.3, 0.4) is 0 Å². The van der Waals surface area contributed by atoms with Gasteiger partial charge in [-0.3, -0.25) is 4.90 Å². The number of furan rings is 1. The number of hydrogen-bond acceptors (Lipinski definition) is 5. The van der Waals surface area contributed by atoms with Gasteiger partial charge in [-0.15, -0.1) is 13.2 Å². The molecule has 1 aromatic carbocycles. The topological polar surface area (TPSA) is 57.9 Å². The summed E-state index contributed by atoms with van der Waals surface area (Å²) >= 11 is 0. The highest BCUT2D eigenvalue weighted by atomic mass is 19.4. The van der Waals surface area contributed by atoms with E-state index in [9.17, 15) is 18.3 Å². The van der Waals surface area contributed by atoms with Crippen molar-refractivity contribution >= 4 is 0 Å². The number of aliphatic hydroxyl groups excluding tert-OH is 1. The maximum atomic E-state index is 12.3. The van der Waals surface area contributed by atoms with Crippen LogP contribution in [0.4, 0.5) is 13.2 Å². The lowest BCUT2D eigenvalue weighted by Crippen LogP contribution is -2.45. The molecule has 2 N–H and O–H groups in total. The fourth-order valence-electron chi connectivity index (χ4n) is 2.97. The molecule has 0 saturated carbocycles. The van der Waals surface area contributed by atoms with E-state index in [0.717, 1.165) is 31.7 Å². The standard InChI is InChI=1S/C17H19F3N2O3/c18-17(19,20)25-13-3-1-12(2-4-13)16(22-9-7-21-8-10-22)15-6-5-14(11-23)24-15/h1-6,16,21,23H,7-11H2/t16-/m1/s1. The molecule has 3 rings (SSSR count). The van der Waals surface area contributed by atoms with Crippen molar-refractivity contribution in [1.29, 1.82) is 0 Å².